The second kappa shape index (κ2) is 18.6. The third-order valence-corrected chi connectivity index (χ3v) is 4.34. The molecule has 1 heterocycles. The number of aromatic nitrogens is 1. The molecule has 3 rings (SSSR count). The summed E-state index contributed by atoms with van der Waals surface area (Å²) < 4.78 is 5.68. The summed E-state index contributed by atoms with van der Waals surface area (Å²) in [6, 6.07) is 12.1. The Morgan fingerprint density at radius 1 is 1.14 bits per heavy atom. The van der Waals surface area contributed by atoms with E-state index in [2.05, 4.69) is 34.5 Å². The van der Waals surface area contributed by atoms with E-state index in [9.17, 15) is 10.4 Å². The smallest absolute Gasteiger partial charge is 0.138 e. The van der Waals surface area contributed by atoms with Crippen molar-refractivity contribution in [1.82, 2.24) is 4.98 Å². The number of aliphatic imine (C=N–C) groups is 1. The van der Waals surface area contributed by atoms with Gasteiger partial charge in [-0.15, -0.1) is 0 Å². The molecule has 6 nitrogen and oxygen atoms in total. The van der Waals surface area contributed by atoms with E-state index in [1.54, 1.807) is 36.4 Å². The van der Waals surface area contributed by atoms with E-state index >= 15 is 0 Å². The van der Waals surface area contributed by atoms with Crippen molar-refractivity contribution in [3.05, 3.63) is 78.6 Å². The first kappa shape index (κ1) is 33.4. The summed E-state index contributed by atoms with van der Waals surface area (Å²) in [4.78, 5) is 8.26. The Bertz CT molecular complexity index is 1170. The molecule has 197 valence electrons. The maximum Gasteiger partial charge on any atom is 0.138 e. The van der Waals surface area contributed by atoms with Gasteiger partial charge in [-0.25, -0.2) is 0 Å². The molecule has 0 aliphatic rings. The van der Waals surface area contributed by atoms with Gasteiger partial charge in [-0.1, -0.05) is 66.3 Å². The van der Waals surface area contributed by atoms with E-state index in [0.717, 1.165) is 0 Å². The van der Waals surface area contributed by atoms with Crippen LogP contribution in [0.2, 0.25) is 5.02 Å². The number of nitriles is 1. The summed E-state index contributed by atoms with van der Waals surface area (Å²) in [6.45, 7) is 19.4. The number of rotatable bonds is 7. The number of fused-ring (bicyclic) bond motifs is 1. The van der Waals surface area contributed by atoms with Crippen molar-refractivity contribution < 1.29 is 9.84 Å². The van der Waals surface area contributed by atoms with Crippen LogP contribution < -0.4 is 10.1 Å². The van der Waals surface area contributed by atoms with Gasteiger partial charge in [-0.2, -0.15) is 5.26 Å². The summed E-state index contributed by atoms with van der Waals surface area (Å²) in [5, 5.41) is 23.4. The predicted octanol–water partition coefficient (Wildman–Crippen LogP) is 8.44. The Kier molecular flexibility index (Phi) is 17.2. The summed E-state index contributed by atoms with van der Waals surface area (Å²) in [7, 11) is 0. The van der Waals surface area contributed by atoms with E-state index in [1.807, 2.05) is 41.5 Å². The van der Waals surface area contributed by atoms with Crippen LogP contribution in [0.4, 0.5) is 11.4 Å². The van der Waals surface area contributed by atoms with Gasteiger partial charge in [0.15, 0.2) is 0 Å². The number of hydrogen-bond donors (Lipinski definition) is 2. The van der Waals surface area contributed by atoms with Gasteiger partial charge >= 0.3 is 0 Å². The second-order valence-electron chi connectivity index (χ2n) is 5.93. The first-order valence-corrected chi connectivity index (χ1v) is 11.9. The monoisotopic (exact) mass is 746 g/mol. The summed E-state index contributed by atoms with van der Waals surface area (Å²) in [5.74, 6) is 0.588. The minimum absolute atomic E-state index is 0. The van der Waals surface area contributed by atoms with E-state index in [0.29, 0.717) is 44.3 Å². The van der Waals surface area contributed by atoms with Gasteiger partial charge in [-0.3, -0.25) is 9.98 Å². The SMILES string of the molecule is C=CN=C(C=C)COc1ccc(Nc2c(C#N)cnc3cc(O)ccc23)cc1Cl.CC.CC.CC.[Es]. The number of phenolic OH excluding ortho intramolecular Hbond substituents is 1. The molecule has 0 amide bonds. The first-order valence-electron chi connectivity index (χ1n) is 11.6. The minimum atomic E-state index is 0. The van der Waals surface area contributed by atoms with E-state index < -0.39 is 0 Å². The molecule has 0 bridgehead atoms. The van der Waals surface area contributed by atoms with Gasteiger partial charge < -0.3 is 15.2 Å². The number of aromatic hydroxyl groups is 1. The molecular weight excluding hydrogens is 712 g/mol. The van der Waals surface area contributed by atoms with Crippen LogP contribution in [0.15, 0.2) is 73.0 Å². The van der Waals surface area contributed by atoms with E-state index in [-0.39, 0.29) is 12.4 Å². The predicted molar refractivity (Wildman–Crippen MR) is 150 cm³/mol. The van der Waals surface area contributed by atoms with Crippen LogP contribution in [0, 0.1) is 11.3 Å². The second-order valence-corrected chi connectivity index (χ2v) is 6.33. The van der Waals surface area contributed by atoms with Crippen molar-refractivity contribution in [2.75, 3.05) is 11.9 Å². The molecule has 36 heavy (non-hydrogen) atoms. The number of anilines is 2. The molecule has 0 saturated carbocycles. The number of nitrogens with zero attached hydrogens (tertiary/aromatic N) is 3. The van der Waals surface area contributed by atoms with Crippen LogP contribution >= 0.6 is 11.6 Å². The molecule has 0 atom stereocenters. The Balaban J connectivity index is 0. The van der Waals surface area contributed by atoms with Crippen molar-refractivity contribution in [3.63, 3.8) is 0 Å². The van der Waals surface area contributed by atoms with Crippen molar-refractivity contribution in [1.29, 1.82) is 5.26 Å². The van der Waals surface area contributed by atoms with Gasteiger partial charge in [0, 0.05) is 29.5 Å². The van der Waals surface area contributed by atoms with E-state index in [1.165, 1.54) is 18.5 Å². The fourth-order valence-corrected chi connectivity index (χ4v) is 2.89. The minimum Gasteiger partial charge on any atom is -0.508 e. The molecule has 3 aromatic rings. The fraction of sp³-hybridized carbons (Fsp3) is 0.250. The number of nitrogens with one attached hydrogen (secondary N) is 1. The molecular formula is C28H35ClEsN4O2. The molecule has 0 unspecified atom stereocenters. The topological polar surface area (TPSA) is 90.5 Å². The van der Waals surface area contributed by atoms with Crippen LogP contribution in [-0.4, -0.2) is 22.4 Å². The zero-order chi connectivity index (χ0) is 26.8. The Labute approximate surface area is 214 Å². The van der Waals surface area contributed by atoms with Gasteiger partial charge in [-0.05, 0) is 36.4 Å². The average Bonchev–Trinajstić information content (AvgIpc) is 2.91. The van der Waals surface area contributed by atoms with Crippen LogP contribution in [-0.2, 0) is 0 Å². The maximum absolute atomic E-state index is 9.67. The van der Waals surface area contributed by atoms with Crippen molar-refractivity contribution in [2.24, 2.45) is 4.99 Å². The number of benzene rings is 2. The Morgan fingerprint density at radius 2 is 1.81 bits per heavy atom. The molecule has 1 aromatic heterocycles. The van der Waals surface area contributed by atoms with E-state index in [4.69, 9.17) is 16.3 Å². The molecule has 8 heteroatoms. The molecule has 0 aliphatic carbocycles. The zero-order valence-corrected chi connectivity index (χ0v) is 25.0. The van der Waals surface area contributed by atoms with Crippen molar-refractivity contribution >= 4 is 39.6 Å². The average molecular weight is 747 g/mol. The number of pyridine rings is 1. The van der Waals surface area contributed by atoms with Gasteiger partial charge in [0.25, 0.3) is 0 Å². The number of halogens is 1. The molecule has 2 N–H and O–H groups in total. The Morgan fingerprint density at radius 3 is 2.36 bits per heavy atom. The third kappa shape index (κ3) is 9.20. The van der Waals surface area contributed by atoms with Crippen molar-refractivity contribution in [2.45, 2.75) is 41.5 Å². The normalized spacial score (nSPS) is 9.33. The van der Waals surface area contributed by atoms with Crippen LogP contribution in [0.1, 0.15) is 47.1 Å². The van der Waals surface area contributed by atoms with Gasteiger partial charge in [0.2, 0.25) is 0 Å². The molecule has 2 aromatic carbocycles. The fourth-order valence-electron chi connectivity index (χ4n) is 2.66. The first-order chi connectivity index (χ1) is 17.0. The third-order valence-electron chi connectivity index (χ3n) is 4.04. The summed E-state index contributed by atoms with van der Waals surface area (Å²) in [5.41, 5.74) is 2.81. The van der Waals surface area contributed by atoms with Gasteiger partial charge in [0.1, 0.15) is 24.2 Å². The van der Waals surface area contributed by atoms with Crippen LogP contribution in [0.3, 0.4) is 0 Å². The molecule has 0 fully saturated rings. The quantitative estimate of drug-likeness (QED) is 0.237. The Hall–Kier alpha value is -4.82. The number of ether oxygens (including phenoxy) is 1. The number of phenols is 1. The molecule has 0 aliphatic heterocycles. The van der Waals surface area contributed by atoms with Crippen molar-refractivity contribution in [3.8, 4) is 17.6 Å². The molecule has 0 saturated heterocycles. The largest absolute Gasteiger partial charge is 0.508 e. The van der Waals surface area contributed by atoms with Gasteiger partial charge in [0.05, 0.1) is 27.5 Å². The standard InChI is InChI=1S/C22H17ClN4O2.3C2H6.Es/c1-3-15(25-4-2)13-29-21-8-5-16(9-19(21)23)27-22-14(11-24)12-26-20-10-17(28)6-7-18(20)22;3*1-2;/h3-10,12,28H,1-2,13H2,(H,26,27);3*1-2H3;. The molecule has 1 radical (unpaired) electrons. The number of hydrogen-bond acceptors (Lipinski definition) is 6. The van der Waals surface area contributed by atoms with Crippen LogP contribution in [0.25, 0.3) is 10.9 Å². The van der Waals surface area contributed by atoms with Crippen LogP contribution in [0.5, 0.6) is 11.5 Å². The maximum atomic E-state index is 9.67. The summed E-state index contributed by atoms with van der Waals surface area (Å²) in [6.07, 6.45) is 4.46. The molecule has 0 spiro atoms. The summed E-state index contributed by atoms with van der Waals surface area (Å²) >= 11 is 6.35. The zero-order valence-electron chi connectivity index (χ0n) is 21.7.